The third-order valence-electron chi connectivity index (χ3n) is 4.20. The summed E-state index contributed by atoms with van der Waals surface area (Å²) < 4.78 is 5.51. The Morgan fingerprint density at radius 1 is 1.20 bits per heavy atom. The molecule has 0 aromatic carbocycles. The van der Waals surface area contributed by atoms with Crippen LogP contribution in [0.4, 0.5) is 0 Å². The van der Waals surface area contributed by atoms with E-state index in [-0.39, 0.29) is 5.41 Å². The number of hydrogen-bond donors (Lipinski definition) is 1. The Labute approximate surface area is 118 Å². The second kappa shape index (κ2) is 5.32. The molecule has 1 fully saturated rings. The molecule has 5 heteroatoms. The molecule has 0 amide bonds. The lowest BCUT2D eigenvalue weighted by atomic mass is 9.74. The largest absolute Gasteiger partial charge is 0.338 e. The number of aryl methyl sites for hydroxylation is 1. The first-order chi connectivity index (χ1) is 9.73. The van der Waals surface area contributed by atoms with E-state index >= 15 is 0 Å². The molecule has 2 aromatic heterocycles. The maximum absolute atomic E-state index is 6.00. The third-order valence-corrected chi connectivity index (χ3v) is 4.20. The molecule has 0 radical (unpaired) electrons. The zero-order valence-corrected chi connectivity index (χ0v) is 11.8. The minimum absolute atomic E-state index is 0.132. The number of nitrogens with two attached hydrogens (primary N) is 1. The Kier molecular flexibility index (Phi) is 3.53. The summed E-state index contributed by atoms with van der Waals surface area (Å²) in [5.41, 5.74) is 7.56. The predicted octanol–water partition coefficient (Wildman–Crippen LogP) is 2.60. The lowest BCUT2D eigenvalue weighted by molar-refractivity contribution is 0.220. The van der Waals surface area contributed by atoms with Gasteiger partial charge in [0, 0.05) is 12.2 Å². The molecule has 2 aromatic rings. The van der Waals surface area contributed by atoms with E-state index in [1.54, 1.807) is 0 Å². The molecule has 0 unspecified atom stereocenters. The van der Waals surface area contributed by atoms with E-state index in [0.29, 0.717) is 18.3 Å². The van der Waals surface area contributed by atoms with Gasteiger partial charge in [-0.15, -0.1) is 0 Å². The lowest BCUT2D eigenvalue weighted by Crippen LogP contribution is -2.37. The van der Waals surface area contributed by atoms with Crippen molar-refractivity contribution in [1.82, 2.24) is 15.1 Å². The molecule has 3 rings (SSSR count). The molecule has 0 spiro atoms. The fraction of sp³-hybridized carbons (Fsp3) is 0.533. The van der Waals surface area contributed by atoms with Gasteiger partial charge in [0.05, 0.1) is 5.41 Å². The van der Waals surface area contributed by atoms with Crippen LogP contribution in [0.15, 0.2) is 22.7 Å². The van der Waals surface area contributed by atoms with E-state index in [9.17, 15) is 0 Å². The van der Waals surface area contributed by atoms with Gasteiger partial charge in [0.25, 0.3) is 0 Å². The van der Waals surface area contributed by atoms with Crippen LogP contribution in [0.1, 0.15) is 43.7 Å². The van der Waals surface area contributed by atoms with Crippen LogP contribution in [-0.4, -0.2) is 21.7 Å². The van der Waals surface area contributed by atoms with Gasteiger partial charge < -0.3 is 10.3 Å². The van der Waals surface area contributed by atoms with E-state index in [0.717, 1.165) is 24.2 Å². The van der Waals surface area contributed by atoms with Crippen molar-refractivity contribution in [2.45, 2.75) is 44.4 Å². The zero-order chi connectivity index (χ0) is 14.0. The fourth-order valence-electron chi connectivity index (χ4n) is 2.94. The predicted molar refractivity (Wildman–Crippen MR) is 76.1 cm³/mol. The van der Waals surface area contributed by atoms with Crippen molar-refractivity contribution in [2.75, 3.05) is 6.54 Å². The summed E-state index contributed by atoms with van der Waals surface area (Å²) in [7, 11) is 0. The molecule has 1 saturated carbocycles. The van der Waals surface area contributed by atoms with Gasteiger partial charge >= 0.3 is 0 Å². The Hall–Kier alpha value is -1.75. The number of nitrogens with zero attached hydrogens (tertiary/aromatic N) is 3. The van der Waals surface area contributed by atoms with E-state index in [4.69, 9.17) is 10.3 Å². The van der Waals surface area contributed by atoms with Gasteiger partial charge in [-0.25, -0.2) is 4.98 Å². The normalized spacial score (nSPS) is 18.1. The van der Waals surface area contributed by atoms with Crippen molar-refractivity contribution in [3.63, 3.8) is 0 Å². The first kappa shape index (κ1) is 13.2. The number of aromatic nitrogens is 3. The molecule has 0 atom stereocenters. The summed E-state index contributed by atoms with van der Waals surface area (Å²) in [4.78, 5) is 9.00. The van der Waals surface area contributed by atoms with Gasteiger partial charge in [0.1, 0.15) is 5.69 Å². The number of rotatable bonds is 3. The van der Waals surface area contributed by atoms with E-state index in [2.05, 4.69) is 15.1 Å². The van der Waals surface area contributed by atoms with E-state index in [1.807, 2.05) is 25.1 Å². The van der Waals surface area contributed by atoms with Crippen LogP contribution in [-0.2, 0) is 5.41 Å². The standard InChI is InChI=1S/C15H20N4O/c1-11-6-5-7-12(17-11)13-18-14(20-19-13)15(10-16)8-3-2-4-9-15/h5-7H,2-4,8-10,16H2,1H3. The van der Waals surface area contributed by atoms with Gasteiger partial charge in [0.15, 0.2) is 0 Å². The maximum Gasteiger partial charge on any atom is 0.234 e. The summed E-state index contributed by atoms with van der Waals surface area (Å²) in [6.45, 7) is 2.52. The number of pyridine rings is 1. The first-order valence-corrected chi connectivity index (χ1v) is 7.22. The molecular formula is C15H20N4O. The van der Waals surface area contributed by atoms with Crippen molar-refractivity contribution in [1.29, 1.82) is 0 Å². The van der Waals surface area contributed by atoms with Crippen LogP contribution in [0.25, 0.3) is 11.5 Å². The molecule has 1 aliphatic rings. The highest BCUT2D eigenvalue weighted by atomic mass is 16.5. The quantitative estimate of drug-likeness (QED) is 0.929. The molecule has 20 heavy (non-hydrogen) atoms. The van der Waals surface area contributed by atoms with Gasteiger partial charge in [-0.05, 0) is 31.9 Å². The van der Waals surface area contributed by atoms with E-state index < -0.39 is 0 Å². The highest BCUT2D eigenvalue weighted by Crippen LogP contribution is 2.38. The molecule has 2 heterocycles. The molecule has 5 nitrogen and oxygen atoms in total. The molecular weight excluding hydrogens is 252 g/mol. The topological polar surface area (TPSA) is 77.8 Å². The summed E-state index contributed by atoms with van der Waals surface area (Å²) in [6.07, 6.45) is 5.69. The SMILES string of the molecule is Cc1cccc(-c2noc(C3(CN)CCCCC3)n2)n1. The fourth-order valence-corrected chi connectivity index (χ4v) is 2.94. The second-order valence-electron chi connectivity index (χ2n) is 5.63. The van der Waals surface area contributed by atoms with Crippen LogP contribution in [0.5, 0.6) is 0 Å². The van der Waals surface area contributed by atoms with Crippen LogP contribution < -0.4 is 5.73 Å². The van der Waals surface area contributed by atoms with Crippen molar-refractivity contribution >= 4 is 0 Å². The average molecular weight is 272 g/mol. The van der Waals surface area contributed by atoms with Crippen LogP contribution in [0, 0.1) is 6.92 Å². The average Bonchev–Trinajstić information content (AvgIpc) is 2.98. The van der Waals surface area contributed by atoms with E-state index in [1.165, 1.54) is 19.3 Å². The Morgan fingerprint density at radius 2 is 2.00 bits per heavy atom. The summed E-state index contributed by atoms with van der Waals surface area (Å²) >= 11 is 0. The van der Waals surface area contributed by atoms with Crippen molar-refractivity contribution in [3.8, 4) is 11.5 Å². The monoisotopic (exact) mass is 272 g/mol. The smallest absolute Gasteiger partial charge is 0.234 e. The summed E-state index contributed by atoms with van der Waals surface area (Å²) in [5, 5.41) is 4.09. The zero-order valence-electron chi connectivity index (χ0n) is 11.8. The maximum atomic E-state index is 6.00. The molecule has 2 N–H and O–H groups in total. The number of hydrogen-bond acceptors (Lipinski definition) is 5. The molecule has 0 saturated heterocycles. The Morgan fingerprint density at radius 3 is 2.70 bits per heavy atom. The lowest BCUT2D eigenvalue weighted by Gasteiger charge is -2.32. The Balaban J connectivity index is 1.93. The molecule has 106 valence electrons. The van der Waals surface area contributed by atoms with Crippen molar-refractivity contribution in [2.24, 2.45) is 5.73 Å². The Bertz CT molecular complexity index is 587. The second-order valence-corrected chi connectivity index (χ2v) is 5.63. The van der Waals surface area contributed by atoms with Crippen LogP contribution in [0.2, 0.25) is 0 Å². The molecule has 0 bridgehead atoms. The summed E-state index contributed by atoms with van der Waals surface area (Å²) in [6, 6.07) is 5.80. The molecule has 0 aliphatic heterocycles. The first-order valence-electron chi connectivity index (χ1n) is 7.22. The highest BCUT2D eigenvalue weighted by molar-refractivity contribution is 5.48. The van der Waals surface area contributed by atoms with Crippen molar-refractivity contribution < 1.29 is 4.52 Å². The minimum atomic E-state index is -0.132. The van der Waals surface area contributed by atoms with Gasteiger partial charge in [0.2, 0.25) is 11.7 Å². The minimum Gasteiger partial charge on any atom is -0.338 e. The van der Waals surface area contributed by atoms with Crippen LogP contribution >= 0.6 is 0 Å². The van der Waals surface area contributed by atoms with Crippen molar-refractivity contribution in [3.05, 3.63) is 29.8 Å². The third kappa shape index (κ3) is 2.33. The van der Waals surface area contributed by atoms with Gasteiger partial charge in [-0.3, -0.25) is 0 Å². The van der Waals surface area contributed by atoms with Gasteiger partial charge in [-0.2, -0.15) is 4.98 Å². The van der Waals surface area contributed by atoms with Gasteiger partial charge in [-0.1, -0.05) is 30.5 Å². The molecule has 1 aliphatic carbocycles. The highest BCUT2D eigenvalue weighted by Gasteiger charge is 2.38. The van der Waals surface area contributed by atoms with Crippen LogP contribution in [0.3, 0.4) is 0 Å². The summed E-state index contributed by atoms with van der Waals surface area (Å²) in [5.74, 6) is 1.24.